The number of fused-ring (bicyclic) bond motifs is 1. The predicted molar refractivity (Wildman–Crippen MR) is 116 cm³/mol. The number of rotatable bonds is 6. The molecule has 2 aromatic carbocycles. The van der Waals surface area contributed by atoms with E-state index in [9.17, 15) is 9.00 Å². The van der Waals surface area contributed by atoms with Crippen molar-refractivity contribution < 1.29 is 13.6 Å². The molecule has 5 nitrogen and oxygen atoms in total. The van der Waals surface area contributed by atoms with Crippen LogP contribution in [0, 0.1) is 6.92 Å². The highest BCUT2D eigenvalue weighted by Gasteiger charge is 2.26. The van der Waals surface area contributed by atoms with Crippen LogP contribution in [0.25, 0.3) is 11.3 Å². The number of ketones is 1. The molecule has 0 aliphatic heterocycles. The van der Waals surface area contributed by atoms with Crippen molar-refractivity contribution in [2.24, 2.45) is 0 Å². The summed E-state index contributed by atoms with van der Waals surface area (Å²) in [5.41, 5.74) is 5.74. The maximum atomic E-state index is 12.5. The molecule has 4 rings (SSSR count). The van der Waals surface area contributed by atoms with Crippen molar-refractivity contribution in [2.75, 3.05) is 0 Å². The number of hydrogen-bond donors (Lipinski definition) is 3. The number of hydrogen-bond acceptors (Lipinski definition) is 3. The molecule has 0 amide bonds. The third-order valence-corrected chi connectivity index (χ3v) is 6.56. The molecule has 29 heavy (non-hydrogen) atoms. The summed E-state index contributed by atoms with van der Waals surface area (Å²) in [5, 5.41) is 0. The van der Waals surface area contributed by atoms with Gasteiger partial charge in [-0.05, 0) is 55.2 Å². The standard InChI is InChI=1S/C22H22N2O3S2/c1-14-21-17(8-5-9-19(21)25)22(24-14)18-12-15(13-23-29(26)27)10-11-20(18)28-16-6-3-2-4-7-16/h2-4,6-7,10-12,23-24H,5,8-9,13H2,1H3,(H,26,27). The quantitative estimate of drug-likeness (QED) is 0.490. The van der Waals surface area contributed by atoms with Crippen molar-refractivity contribution in [1.82, 2.24) is 9.71 Å². The lowest BCUT2D eigenvalue weighted by molar-refractivity contribution is 0.0972. The second-order valence-electron chi connectivity index (χ2n) is 7.07. The fourth-order valence-electron chi connectivity index (χ4n) is 3.82. The van der Waals surface area contributed by atoms with Crippen molar-refractivity contribution in [3.8, 4) is 11.3 Å². The van der Waals surface area contributed by atoms with Crippen LogP contribution in [0.4, 0.5) is 0 Å². The number of carbonyl (C=O) groups excluding carboxylic acids is 1. The van der Waals surface area contributed by atoms with Gasteiger partial charge in [-0.2, -0.15) is 0 Å². The van der Waals surface area contributed by atoms with Gasteiger partial charge in [0.2, 0.25) is 11.3 Å². The van der Waals surface area contributed by atoms with Gasteiger partial charge in [0.1, 0.15) is 0 Å². The Morgan fingerprint density at radius 2 is 1.97 bits per heavy atom. The number of Topliss-reactive ketones (excluding diaryl/α,β-unsaturated/α-hetero) is 1. The minimum Gasteiger partial charge on any atom is -0.358 e. The number of aryl methyl sites for hydroxylation is 1. The Bertz CT molecular complexity index is 1080. The lowest BCUT2D eigenvalue weighted by Gasteiger charge is -2.15. The predicted octanol–water partition coefficient (Wildman–Crippen LogP) is 4.89. The van der Waals surface area contributed by atoms with Gasteiger partial charge in [0, 0.05) is 39.6 Å². The van der Waals surface area contributed by atoms with E-state index in [0.717, 1.165) is 56.3 Å². The zero-order valence-corrected chi connectivity index (χ0v) is 17.7. The molecule has 0 saturated carbocycles. The summed E-state index contributed by atoms with van der Waals surface area (Å²) < 4.78 is 22.6. The molecule has 0 spiro atoms. The van der Waals surface area contributed by atoms with Gasteiger partial charge in [-0.3, -0.25) is 9.35 Å². The first-order valence-electron chi connectivity index (χ1n) is 9.48. The minimum atomic E-state index is -2.06. The van der Waals surface area contributed by atoms with Crippen molar-refractivity contribution in [2.45, 2.75) is 42.5 Å². The van der Waals surface area contributed by atoms with Crippen LogP contribution in [0.2, 0.25) is 0 Å². The first-order valence-corrected chi connectivity index (χ1v) is 11.4. The third kappa shape index (κ3) is 4.38. The highest BCUT2D eigenvalue weighted by Crippen LogP contribution is 2.40. The summed E-state index contributed by atoms with van der Waals surface area (Å²) in [7, 11) is 0. The average molecular weight is 427 g/mol. The highest BCUT2D eigenvalue weighted by atomic mass is 32.2. The molecule has 3 N–H and O–H groups in total. The fourth-order valence-corrected chi connectivity index (χ4v) is 5.06. The molecule has 7 heteroatoms. The number of aromatic amines is 1. The Hall–Kier alpha value is -2.19. The number of benzene rings is 2. The van der Waals surface area contributed by atoms with Crippen LogP contribution in [0.1, 0.15) is 40.0 Å². The molecular weight excluding hydrogens is 404 g/mol. The molecule has 150 valence electrons. The van der Waals surface area contributed by atoms with Gasteiger partial charge in [-0.25, -0.2) is 8.93 Å². The zero-order valence-electron chi connectivity index (χ0n) is 16.0. The Labute approximate surface area is 176 Å². The summed E-state index contributed by atoms with van der Waals surface area (Å²) >= 11 is -0.396. The summed E-state index contributed by atoms with van der Waals surface area (Å²) in [4.78, 5) is 18.1. The Morgan fingerprint density at radius 1 is 1.17 bits per heavy atom. The number of H-pyrrole nitrogens is 1. The Balaban J connectivity index is 1.81. The van der Waals surface area contributed by atoms with Crippen molar-refractivity contribution in [3.05, 3.63) is 70.9 Å². The first kappa shape index (κ1) is 20.1. The second kappa shape index (κ2) is 8.67. The van der Waals surface area contributed by atoms with E-state index < -0.39 is 11.3 Å². The molecule has 1 heterocycles. The van der Waals surface area contributed by atoms with Crippen LogP contribution < -0.4 is 4.72 Å². The van der Waals surface area contributed by atoms with E-state index in [2.05, 4.69) is 21.8 Å². The van der Waals surface area contributed by atoms with Crippen LogP contribution >= 0.6 is 11.8 Å². The van der Waals surface area contributed by atoms with E-state index in [4.69, 9.17) is 4.55 Å². The van der Waals surface area contributed by atoms with Gasteiger partial charge in [0.25, 0.3) is 0 Å². The second-order valence-corrected chi connectivity index (χ2v) is 8.97. The molecule has 1 aromatic heterocycles. The molecule has 0 saturated heterocycles. The molecule has 0 bridgehead atoms. The number of carbonyl (C=O) groups is 1. The van der Waals surface area contributed by atoms with E-state index in [1.165, 1.54) is 0 Å². The maximum Gasteiger partial charge on any atom is 0.232 e. The van der Waals surface area contributed by atoms with Gasteiger partial charge in [0.15, 0.2) is 5.78 Å². The summed E-state index contributed by atoms with van der Waals surface area (Å²) in [6, 6.07) is 16.2. The van der Waals surface area contributed by atoms with Crippen LogP contribution in [-0.2, 0) is 24.2 Å². The minimum absolute atomic E-state index is 0.206. The molecule has 1 unspecified atom stereocenters. The smallest absolute Gasteiger partial charge is 0.232 e. The molecule has 0 radical (unpaired) electrons. The Kier molecular flexibility index (Phi) is 6.01. The first-order chi connectivity index (χ1) is 14.0. The van der Waals surface area contributed by atoms with Gasteiger partial charge in [0.05, 0.1) is 5.69 Å². The summed E-state index contributed by atoms with van der Waals surface area (Å²) in [6.07, 6.45) is 2.34. The van der Waals surface area contributed by atoms with E-state index in [1.54, 1.807) is 11.8 Å². The van der Waals surface area contributed by atoms with E-state index in [0.29, 0.717) is 6.42 Å². The van der Waals surface area contributed by atoms with Crippen LogP contribution in [0.15, 0.2) is 58.3 Å². The van der Waals surface area contributed by atoms with Crippen molar-refractivity contribution in [1.29, 1.82) is 0 Å². The van der Waals surface area contributed by atoms with E-state index in [1.807, 2.05) is 43.3 Å². The molecule has 1 atom stereocenters. The van der Waals surface area contributed by atoms with Gasteiger partial charge in [-0.15, -0.1) is 0 Å². The van der Waals surface area contributed by atoms with Gasteiger partial charge < -0.3 is 4.98 Å². The van der Waals surface area contributed by atoms with Gasteiger partial charge in [-0.1, -0.05) is 36.0 Å². The molecule has 3 aromatic rings. The monoisotopic (exact) mass is 426 g/mol. The third-order valence-electron chi connectivity index (χ3n) is 5.08. The van der Waals surface area contributed by atoms with Crippen molar-refractivity contribution >= 4 is 28.8 Å². The lowest BCUT2D eigenvalue weighted by Crippen LogP contribution is -2.15. The molecule has 1 aliphatic carbocycles. The van der Waals surface area contributed by atoms with E-state index >= 15 is 0 Å². The lowest BCUT2D eigenvalue weighted by atomic mass is 9.89. The van der Waals surface area contributed by atoms with Crippen LogP contribution in [-0.4, -0.2) is 19.5 Å². The molecular formula is C22H22N2O3S2. The fraction of sp³-hybridized carbons (Fsp3) is 0.227. The number of nitrogens with one attached hydrogen (secondary N) is 2. The molecule has 0 fully saturated rings. The van der Waals surface area contributed by atoms with Crippen molar-refractivity contribution in [3.63, 3.8) is 0 Å². The van der Waals surface area contributed by atoms with Crippen LogP contribution in [0.3, 0.4) is 0 Å². The highest BCUT2D eigenvalue weighted by molar-refractivity contribution is 7.99. The summed E-state index contributed by atoms with van der Waals surface area (Å²) in [6.45, 7) is 2.24. The SMILES string of the molecule is Cc1[nH]c(-c2cc(CNS(=O)O)ccc2Sc2ccccc2)c2c1C(=O)CCC2. The summed E-state index contributed by atoms with van der Waals surface area (Å²) in [5.74, 6) is 0.206. The maximum absolute atomic E-state index is 12.5. The zero-order chi connectivity index (χ0) is 20.4. The van der Waals surface area contributed by atoms with E-state index in [-0.39, 0.29) is 12.3 Å². The molecule has 1 aliphatic rings. The topological polar surface area (TPSA) is 82.2 Å². The largest absolute Gasteiger partial charge is 0.358 e. The van der Waals surface area contributed by atoms with Gasteiger partial charge >= 0.3 is 0 Å². The normalized spacial score (nSPS) is 14.6. The number of aromatic nitrogens is 1. The Morgan fingerprint density at radius 3 is 2.72 bits per heavy atom. The van der Waals surface area contributed by atoms with Crippen LogP contribution in [0.5, 0.6) is 0 Å². The average Bonchev–Trinajstić information content (AvgIpc) is 3.05.